The number of hydrogen-bond acceptors (Lipinski definition) is 6. The lowest BCUT2D eigenvalue weighted by atomic mass is 9.52. The normalized spacial score (nSPS) is 28.1. The van der Waals surface area contributed by atoms with E-state index in [2.05, 4.69) is 24.1 Å². The van der Waals surface area contributed by atoms with Crippen molar-refractivity contribution in [1.82, 2.24) is 4.90 Å². The van der Waals surface area contributed by atoms with Gasteiger partial charge in [0.25, 0.3) is 0 Å². The number of benzene rings is 1. The van der Waals surface area contributed by atoms with Gasteiger partial charge in [0.1, 0.15) is 5.75 Å². The number of likely N-dealkylation sites (tertiary alicyclic amines) is 1. The number of rotatable bonds is 3. The molecule has 1 heterocycles. The van der Waals surface area contributed by atoms with Gasteiger partial charge in [0.2, 0.25) is 0 Å². The van der Waals surface area contributed by atoms with Crippen LogP contribution >= 0.6 is 0 Å². The molecule has 10 heteroatoms. The van der Waals surface area contributed by atoms with E-state index in [0.29, 0.717) is 11.2 Å². The number of carbonyl (C=O) groups is 2. The summed E-state index contributed by atoms with van der Waals surface area (Å²) in [4.78, 5) is 22.1. The first-order valence-electron chi connectivity index (χ1n) is 10.0. The van der Waals surface area contributed by atoms with Gasteiger partial charge in [0.05, 0.1) is 0 Å². The van der Waals surface area contributed by atoms with Gasteiger partial charge in [-0.05, 0) is 68.5 Å². The maximum absolute atomic E-state index is 9.91. The molecule has 176 valence electrons. The van der Waals surface area contributed by atoms with Crippen LogP contribution in [0, 0.1) is 5.92 Å². The van der Waals surface area contributed by atoms with Gasteiger partial charge in [0.15, 0.2) is 12.2 Å². The number of phenols is 1. The summed E-state index contributed by atoms with van der Waals surface area (Å²) in [6.07, 6.45) is 3.39. The lowest BCUT2D eigenvalue weighted by molar-refractivity contribution is -0.165. The number of aromatic hydroxyl groups is 1. The first kappa shape index (κ1) is 26.8. The first-order chi connectivity index (χ1) is 13.7. The molecule has 0 unspecified atom stereocenters. The van der Waals surface area contributed by atoms with Crippen LogP contribution < -0.4 is 0 Å². The molecule has 5 atom stereocenters. The minimum atomic E-state index is -2.27. The molecule has 1 aliphatic heterocycles. The Morgan fingerprint density at radius 1 is 1.06 bits per heavy atom. The maximum atomic E-state index is 9.91. The van der Waals surface area contributed by atoms with E-state index < -0.39 is 24.1 Å². The van der Waals surface area contributed by atoms with Gasteiger partial charge in [-0.15, -0.1) is 0 Å². The van der Waals surface area contributed by atoms with E-state index in [-0.39, 0.29) is 11.0 Å². The predicted molar refractivity (Wildman–Crippen MR) is 111 cm³/mol. The van der Waals surface area contributed by atoms with Crippen molar-refractivity contribution in [2.24, 2.45) is 5.92 Å². The van der Waals surface area contributed by atoms with E-state index in [0.717, 1.165) is 12.0 Å². The van der Waals surface area contributed by atoms with Crippen molar-refractivity contribution in [2.45, 2.75) is 62.2 Å². The molecule has 10 nitrogen and oxygen atoms in total. The van der Waals surface area contributed by atoms with E-state index in [1.807, 2.05) is 6.07 Å². The molecule has 0 radical (unpaired) electrons. The van der Waals surface area contributed by atoms with Crippen molar-refractivity contribution in [2.75, 3.05) is 13.6 Å². The van der Waals surface area contributed by atoms with Crippen LogP contribution in [-0.4, -0.2) is 85.2 Å². The Labute approximate surface area is 180 Å². The number of carboxylic acid groups (broad SMARTS) is 2. The predicted octanol–water partition coefficient (Wildman–Crippen LogP) is -0.692. The molecule has 1 saturated carbocycles. The molecule has 3 aliphatic rings. The Morgan fingerprint density at radius 3 is 2.26 bits per heavy atom. The lowest BCUT2D eigenvalue weighted by Gasteiger charge is -2.58. The number of likely N-dealkylation sites (N-methyl/N-ethyl adjacent to an activating group) is 1. The van der Waals surface area contributed by atoms with Gasteiger partial charge in [-0.1, -0.05) is 18.9 Å². The van der Waals surface area contributed by atoms with Gasteiger partial charge in [-0.25, -0.2) is 9.59 Å². The molecule has 9 N–H and O–H groups in total. The quantitative estimate of drug-likeness (QED) is 0.403. The molecule has 0 amide bonds. The summed E-state index contributed by atoms with van der Waals surface area (Å²) in [5.41, 5.74) is 3.36. The van der Waals surface area contributed by atoms with Crippen LogP contribution in [-0.2, 0) is 21.4 Å². The Morgan fingerprint density at radius 2 is 1.68 bits per heavy atom. The van der Waals surface area contributed by atoms with E-state index >= 15 is 0 Å². The zero-order valence-corrected chi connectivity index (χ0v) is 17.5. The lowest BCUT2D eigenvalue weighted by Crippen LogP contribution is -2.59. The summed E-state index contributed by atoms with van der Waals surface area (Å²) < 4.78 is 0. The summed E-state index contributed by atoms with van der Waals surface area (Å²) in [6, 6.07) is 6.85. The number of aliphatic hydroxyl groups is 2. The van der Waals surface area contributed by atoms with Crippen LogP contribution in [0.1, 0.15) is 43.2 Å². The number of phenolic OH excluding ortho intramolecular Hbond substituents is 1. The third-order valence-electron chi connectivity index (χ3n) is 6.90. The number of nitrogens with zero attached hydrogens (tertiary/aromatic N) is 1. The molecule has 2 bridgehead atoms. The average molecular weight is 443 g/mol. The molecular formula is C21H33NO9. The SMILES string of the molecule is CN1CC[C@@]23CCCC[C@H]2[C@@H]1Cc1ccc(O)cc13.O.O.O=C(O)[C@H](O)[C@@H](O)C(=O)O. The average Bonchev–Trinajstić information content (AvgIpc) is 2.70. The highest BCUT2D eigenvalue weighted by Crippen LogP contribution is 2.55. The van der Waals surface area contributed by atoms with Crippen LogP contribution in [0.3, 0.4) is 0 Å². The van der Waals surface area contributed by atoms with Gasteiger partial charge < -0.3 is 41.4 Å². The van der Waals surface area contributed by atoms with Gasteiger partial charge >= 0.3 is 11.9 Å². The number of aliphatic carboxylic acids is 2. The highest BCUT2D eigenvalue weighted by molar-refractivity contribution is 5.83. The fourth-order valence-electron chi connectivity index (χ4n) is 5.45. The summed E-state index contributed by atoms with van der Waals surface area (Å²) in [5, 5.41) is 42.4. The largest absolute Gasteiger partial charge is 0.508 e. The minimum absolute atomic E-state index is 0. The third-order valence-corrected chi connectivity index (χ3v) is 6.90. The summed E-state index contributed by atoms with van der Waals surface area (Å²) in [5.74, 6) is -2.27. The van der Waals surface area contributed by atoms with Crippen LogP contribution in [0.15, 0.2) is 18.2 Å². The summed E-state index contributed by atoms with van der Waals surface area (Å²) in [7, 11) is 2.30. The van der Waals surface area contributed by atoms with Crippen molar-refractivity contribution >= 4 is 11.9 Å². The fourth-order valence-corrected chi connectivity index (χ4v) is 5.45. The minimum Gasteiger partial charge on any atom is -0.508 e. The van der Waals surface area contributed by atoms with E-state index in [1.165, 1.54) is 56.2 Å². The zero-order chi connectivity index (χ0) is 21.3. The summed E-state index contributed by atoms with van der Waals surface area (Å²) >= 11 is 0. The van der Waals surface area contributed by atoms with Crippen molar-refractivity contribution in [3.05, 3.63) is 29.3 Å². The van der Waals surface area contributed by atoms with Crippen LogP contribution in [0.5, 0.6) is 5.75 Å². The molecule has 2 aliphatic carbocycles. The Hall–Kier alpha value is -2.24. The Kier molecular flexibility index (Phi) is 8.97. The molecule has 31 heavy (non-hydrogen) atoms. The van der Waals surface area contributed by atoms with Crippen LogP contribution in [0.4, 0.5) is 0 Å². The molecule has 1 saturated heterocycles. The zero-order valence-electron chi connectivity index (χ0n) is 17.5. The molecular weight excluding hydrogens is 410 g/mol. The van der Waals surface area contributed by atoms with Crippen molar-refractivity contribution in [3.63, 3.8) is 0 Å². The Balaban J connectivity index is 0.000000351. The van der Waals surface area contributed by atoms with Gasteiger partial charge in [-0.3, -0.25) is 0 Å². The maximum Gasteiger partial charge on any atom is 0.335 e. The standard InChI is InChI=1S/C17H23NO.C4H6O6.2H2O/c1-18-9-8-17-7-3-2-4-14(17)16(18)10-12-5-6-13(19)11-15(12)17;5-1(3(7)8)2(6)4(9)10;;/h5-6,11,14,16,19H,2-4,7-10H2,1H3;1-2,5-6H,(H,7,8)(H,9,10);2*1H2/t14-,16-,17-;1-,2-;;/m01../s1. The summed E-state index contributed by atoms with van der Waals surface area (Å²) in [6.45, 7) is 1.22. The molecule has 1 aromatic rings. The van der Waals surface area contributed by atoms with Crippen LogP contribution in [0.25, 0.3) is 0 Å². The van der Waals surface area contributed by atoms with Crippen molar-refractivity contribution in [1.29, 1.82) is 0 Å². The van der Waals surface area contributed by atoms with Gasteiger partial charge in [0, 0.05) is 11.5 Å². The van der Waals surface area contributed by atoms with Crippen molar-refractivity contribution in [3.8, 4) is 5.75 Å². The molecule has 0 spiro atoms. The number of hydrogen-bond donors (Lipinski definition) is 5. The topological polar surface area (TPSA) is 202 Å². The second-order valence-electron chi connectivity index (χ2n) is 8.42. The molecule has 4 rings (SSSR count). The second kappa shape index (κ2) is 10.4. The third kappa shape index (κ3) is 4.99. The van der Waals surface area contributed by atoms with Crippen LogP contribution in [0.2, 0.25) is 0 Å². The second-order valence-corrected chi connectivity index (χ2v) is 8.42. The highest BCUT2D eigenvalue weighted by atomic mass is 16.4. The van der Waals surface area contributed by atoms with E-state index in [4.69, 9.17) is 20.4 Å². The molecule has 0 aromatic heterocycles. The van der Waals surface area contributed by atoms with Gasteiger partial charge in [-0.2, -0.15) is 0 Å². The molecule has 1 aromatic carbocycles. The highest BCUT2D eigenvalue weighted by Gasteiger charge is 2.53. The van der Waals surface area contributed by atoms with E-state index in [1.54, 1.807) is 0 Å². The van der Waals surface area contributed by atoms with E-state index in [9.17, 15) is 14.7 Å². The molecule has 2 fully saturated rings. The number of carboxylic acids is 2. The number of piperidine rings is 1. The fraction of sp³-hybridized carbons (Fsp3) is 0.619. The Bertz CT molecular complexity index is 768. The number of aliphatic hydroxyl groups excluding tert-OH is 2. The smallest absolute Gasteiger partial charge is 0.335 e. The first-order valence-corrected chi connectivity index (χ1v) is 10.0. The van der Waals surface area contributed by atoms with Crippen molar-refractivity contribution < 1.29 is 46.1 Å². The monoisotopic (exact) mass is 443 g/mol. The number of fused-ring (bicyclic) bond motifs is 1.